The van der Waals surface area contributed by atoms with E-state index in [0.717, 1.165) is 32.5 Å². The van der Waals surface area contributed by atoms with Gasteiger partial charge in [0.15, 0.2) is 5.65 Å². The summed E-state index contributed by atoms with van der Waals surface area (Å²) in [6.07, 6.45) is 3.67. The highest BCUT2D eigenvalue weighted by Gasteiger charge is 2.23. The molecule has 2 aromatic rings. The van der Waals surface area contributed by atoms with Crippen molar-refractivity contribution in [2.24, 2.45) is 5.92 Å². The summed E-state index contributed by atoms with van der Waals surface area (Å²) >= 11 is 0. The molecular weight excluding hydrogens is 282 g/mol. The zero-order valence-electron chi connectivity index (χ0n) is 12.7. The monoisotopic (exact) mass is 303 g/mol. The third-order valence-electron chi connectivity index (χ3n) is 4.23. The first-order chi connectivity index (χ1) is 10.7. The SMILES string of the molecule is CNCC1CCN(C(=O)Cn2nc3ccccn3c2=O)CC1. The third kappa shape index (κ3) is 2.89. The fraction of sp³-hybridized carbons (Fsp3) is 0.533. The van der Waals surface area contributed by atoms with Crippen molar-refractivity contribution in [1.82, 2.24) is 24.4 Å². The molecule has 3 rings (SSSR count). The molecule has 7 heteroatoms. The van der Waals surface area contributed by atoms with Crippen LogP contribution < -0.4 is 11.0 Å². The van der Waals surface area contributed by atoms with E-state index in [-0.39, 0.29) is 18.1 Å². The third-order valence-corrected chi connectivity index (χ3v) is 4.23. The van der Waals surface area contributed by atoms with Gasteiger partial charge in [-0.15, -0.1) is 5.10 Å². The summed E-state index contributed by atoms with van der Waals surface area (Å²) in [5.74, 6) is 0.598. The zero-order valence-corrected chi connectivity index (χ0v) is 12.7. The number of likely N-dealkylation sites (tertiary alicyclic amines) is 1. The molecule has 1 amide bonds. The number of carbonyl (C=O) groups excluding carboxylic acids is 1. The highest BCUT2D eigenvalue weighted by molar-refractivity contribution is 5.76. The topological polar surface area (TPSA) is 71.6 Å². The van der Waals surface area contributed by atoms with Gasteiger partial charge in [-0.05, 0) is 44.5 Å². The molecule has 1 aliphatic rings. The van der Waals surface area contributed by atoms with Crippen LogP contribution in [-0.4, -0.2) is 51.7 Å². The van der Waals surface area contributed by atoms with Gasteiger partial charge in [-0.3, -0.25) is 9.20 Å². The number of hydrogen-bond donors (Lipinski definition) is 1. The molecule has 1 N–H and O–H groups in total. The maximum absolute atomic E-state index is 12.4. The standard InChI is InChI=1S/C15H21N5O2/c1-16-10-12-5-8-18(9-6-12)14(21)11-20-15(22)19-7-3-2-4-13(19)17-20/h2-4,7,12,16H,5-6,8-11H2,1H3. The molecule has 7 nitrogen and oxygen atoms in total. The van der Waals surface area contributed by atoms with Crippen molar-refractivity contribution in [3.8, 4) is 0 Å². The molecule has 118 valence electrons. The first-order valence-electron chi connectivity index (χ1n) is 7.65. The second-order valence-corrected chi connectivity index (χ2v) is 5.75. The van der Waals surface area contributed by atoms with E-state index in [2.05, 4.69) is 10.4 Å². The van der Waals surface area contributed by atoms with Crippen LogP contribution in [0.4, 0.5) is 0 Å². The molecule has 1 aliphatic heterocycles. The number of nitrogens with zero attached hydrogens (tertiary/aromatic N) is 4. The number of piperidine rings is 1. The summed E-state index contributed by atoms with van der Waals surface area (Å²) < 4.78 is 2.70. The highest BCUT2D eigenvalue weighted by atomic mass is 16.2. The largest absolute Gasteiger partial charge is 0.350 e. The van der Waals surface area contributed by atoms with Crippen LogP contribution in [0.2, 0.25) is 0 Å². The van der Waals surface area contributed by atoms with Crippen LogP contribution in [0.15, 0.2) is 29.2 Å². The number of amides is 1. The number of hydrogen-bond acceptors (Lipinski definition) is 4. The van der Waals surface area contributed by atoms with Crippen molar-refractivity contribution in [3.63, 3.8) is 0 Å². The van der Waals surface area contributed by atoms with Gasteiger partial charge < -0.3 is 10.2 Å². The maximum Gasteiger partial charge on any atom is 0.350 e. The number of fused-ring (bicyclic) bond motifs is 1. The van der Waals surface area contributed by atoms with E-state index in [9.17, 15) is 9.59 Å². The smallest absolute Gasteiger partial charge is 0.341 e. The second kappa shape index (κ2) is 6.31. The minimum atomic E-state index is -0.269. The van der Waals surface area contributed by atoms with E-state index in [1.807, 2.05) is 18.0 Å². The molecule has 0 bridgehead atoms. The van der Waals surface area contributed by atoms with E-state index >= 15 is 0 Å². The predicted octanol–water partition coefficient (Wildman–Crippen LogP) is -0.0460. The van der Waals surface area contributed by atoms with Crippen molar-refractivity contribution < 1.29 is 4.79 Å². The van der Waals surface area contributed by atoms with Crippen molar-refractivity contribution in [3.05, 3.63) is 34.9 Å². The minimum Gasteiger partial charge on any atom is -0.341 e. The van der Waals surface area contributed by atoms with Gasteiger partial charge in [0.05, 0.1) is 0 Å². The molecular formula is C15H21N5O2. The summed E-state index contributed by atoms with van der Waals surface area (Å²) in [7, 11) is 1.95. The molecule has 0 radical (unpaired) electrons. The number of nitrogens with one attached hydrogen (secondary N) is 1. The molecule has 0 saturated carbocycles. The van der Waals surface area contributed by atoms with Crippen LogP contribution in [0.25, 0.3) is 5.65 Å². The molecule has 1 fully saturated rings. The molecule has 1 saturated heterocycles. The van der Waals surface area contributed by atoms with Crippen LogP contribution in [0.3, 0.4) is 0 Å². The van der Waals surface area contributed by atoms with Crippen molar-refractivity contribution in [2.75, 3.05) is 26.7 Å². The van der Waals surface area contributed by atoms with Gasteiger partial charge in [0.2, 0.25) is 5.91 Å². The van der Waals surface area contributed by atoms with Gasteiger partial charge in [0, 0.05) is 19.3 Å². The van der Waals surface area contributed by atoms with Gasteiger partial charge in [0.1, 0.15) is 6.54 Å². The Hall–Kier alpha value is -2.15. The quantitative estimate of drug-likeness (QED) is 0.860. The van der Waals surface area contributed by atoms with Crippen LogP contribution in [0.1, 0.15) is 12.8 Å². The summed E-state index contributed by atoms with van der Waals surface area (Å²) in [6.45, 7) is 2.52. The fourth-order valence-corrected chi connectivity index (χ4v) is 2.97. The molecule has 0 aromatic carbocycles. The first kappa shape index (κ1) is 14.8. The Bertz CT molecular complexity index is 712. The number of aromatic nitrogens is 3. The summed E-state index contributed by atoms with van der Waals surface area (Å²) in [6, 6.07) is 5.35. The van der Waals surface area contributed by atoms with Crippen LogP contribution in [0, 0.1) is 5.92 Å². The normalized spacial score (nSPS) is 16.3. The number of pyridine rings is 1. The van der Waals surface area contributed by atoms with Gasteiger partial charge in [-0.1, -0.05) is 6.07 Å². The predicted molar refractivity (Wildman–Crippen MR) is 82.7 cm³/mol. The second-order valence-electron chi connectivity index (χ2n) is 5.75. The Morgan fingerprint density at radius 3 is 2.82 bits per heavy atom. The van der Waals surface area contributed by atoms with E-state index in [4.69, 9.17) is 0 Å². The molecule has 0 spiro atoms. The maximum atomic E-state index is 12.4. The molecule has 0 atom stereocenters. The summed E-state index contributed by atoms with van der Waals surface area (Å²) in [4.78, 5) is 26.4. The van der Waals surface area contributed by atoms with Crippen molar-refractivity contribution in [1.29, 1.82) is 0 Å². The van der Waals surface area contributed by atoms with Crippen molar-refractivity contribution >= 4 is 11.6 Å². The Morgan fingerprint density at radius 1 is 1.36 bits per heavy atom. The van der Waals surface area contributed by atoms with Crippen LogP contribution in [0.5, 0.6) is 0 Å². The Balaban J connectivity index is 1.66. The molecule has 3 heterocycles. The number of carbonyl (C=O) groups is 1. The van der Waals surface area contributed by atoms with E-state index < -0.39 is 0 Å². The van der Waals surface area contributed by atoms with Gasteiger partial charge in [-0.2, -0.15) is 0 Å². The van der Waals surface area contributed by atoms with E-state index in [1.54, 1.807) is 18.3 Å². The molecule has 22 heavy (non-hydrogen) atoms. The molecule has 2 aromatic heterocycles. The van der Waals surface area contributed by atoms with Gasteiger partial charge in [-0.25, -0.2) is 9.48 Å². The zero-order chi connectivity index (χ0) is 15.5. The van der Waals surface area contributed by atoms with Crippen LogP contribution >= 0.6 is 0 Å². The Morgan fingerprint density at radius 2 is 2.14 bits per heavy atom. The summed E-state index contributed by atoms with van der Waals surface area (Å²) in [5, 5.41) is 7.38. The van der Waals surface area contributed by atoms with E-state index in [0.29, 0.717) is 11.6 Å². The van der Waals surface area contributed by atoms with E-state index in [1.165, 1.54) is 9.08 Å². The lowest BCUT2D eigenvalue weighted by Gasteiger charge is -2.31. The van der Waals surface area contributed by atoms with Crippen LogP contribution in [-0.2, 0) is 11.3 Å². The average molecular weight is 303 g/mol. The Kier molecular flexibility index (Phi) is 4.24. The molecule has 0 unspecified atom stereocenters. The summed E-state index contributed by atoms with van der Waals surface area (Å²) in [5.41, 5.74) is 0.294. The average Bonchev–Trinajstić information content (AvgIpc) is 2.85. The minimum absolute atomic E-state index is 0.0111. The number of rotatable bonds is 4. The van der Waals surface area contributed by atoms with Gasteiger partial charge in [0.25, 0.3) is 0 Å². The highest BCUT2D eigenvalue weighted by Crippen LogP contribution is 2.16. The first-order valence-corrected chi connectivity index (χ1v) is 7.65. The fourth-order valence-electron chi connectivity index (χ4n) is 2.97. The lowest BCUT2D eigenvalue weighted by Crippen LogP contribution is -2.43. The Labute approximate surface area is 128 Å². The molecule has 0 aliphatic carbocycles. The van der Waals surface area contributed by atoms with Crippen molar-refractivity contribution in [2.45, 2.75) is 19.4 Å². The van der Waals surface area contributed by atoms with Gasteiger partial charge >= 0.3 is 5.69 Å². The lowest BCUT2D eigenvalue weighted by molar-refractivity contribution is -0.133. The lowest BCUT2D eigenvalue weighted by atomic mass is 9.97.